The van der Waals surface area contributed by atoms with Crippen LogP contribution >= 0.6 is 0 Å². The number of aliphatic hydroxyl groups excluding tert-OH is 1. The van der Waals surface area contributed by atoms with Crippen molar-refractivity contribution in [2.24, 2.45) is 5.41 Å². The molecule has 4 nitrogen and oxygen atoms in total. The number of rotatable bonds is 3. The number of carbonyl (C=O) groups is 2. The van der Waals surface area contributed by atoms with Crippen LogP contribution in [0, 0.1) is 5.41 Å². The maximum absolute atomic E-state index is 11.1. The molecule has 1 N–H and O–H groups in total. The first-order valence-electron chi connectivity index (χ1n) is 3.99. The predicted octanol–water partition coefficient (Wildman–Crippen LogP) is -4.14. The molecular formula is C8H11NaO4. The van der Waals surface area contributed by atoms with Gasteiger partial charge in [-0.3, -0.25) is 4.79 Å². The van der Waals surface area contributed by atoms with E-state index in [1.165, 1.54) is 0 Å². The molecule has 0 heterocycles. The van der Waals surface area contributed by atoms with Crippen LogP contribution in [0.15, 0.2) is 0 Å². The minimum absolute atomic E-state index is 0. The van der Waals surface area contributed by atoms with E-state index < -0.39 is 17.2 Å². The fourth-order valence-corrected chi connectivity index (χ4v) is 1.73. The summed E-state index contributed by atoms with van der Waals surface area (Å²) in [5.41, 5.74) is -1.03. The molecule has 0 aromatic heterocycles. The van der Waals surface area contributed by atoms with Crippen LogP contribution in [0.1, 0.15) is 25.7 Å². The van der Waals surface area contributed by atoms with Crippen molar-refractivity contribution in [1.82, 2.24) is 0 Å². The molecule has 1 rings (SSSR count). The summed E-state index contributed by atoms with van der Waals surface area (Å²) >= 11 is 0. The van der Waals surface area contributed by atoms with Gasteiger partial charge in [-0.1, -0.05) is 12.8 Å². The summed E-state index contributed by atoms with van der Waals surface area (Å²) in [4.78, 5) is 21.4. The van der Waals surface area contributed by atoms with E-state index in [9.17, 15) is 14.7 Å². The van der Waals surface area contributed by atoms with Crippen LogP contribution in [0.3, 0.4) is 0 Å². The van der Waals surface area contributed by atoms with E-state index in [4.69, 9.17) is 5.11 Å². The molecule has 0 radical (unpaired) electrons. The third-order valence-corrected chi connectivity index (χ3v) is 2.53. The molecule has 5 heteroatoms. The van der Waals surface area contributed by atoms with Crippen molar-refractivity contribution in [2.75, 3.05) is 6.61 Å². The average molecular weight is 194 g/mol. The number of aliphatic hydroxyl groups is 1. The zero-order chi connectivity index (χ0) is 9.19. The number of carbonyl (C=O) groups excluding carboxylic acids is 2. The smallest absolute Gasteiger partial charge is 0.542 e. The zero-order valence-electron chi connectivity index (χ0n) is 7.71. The van der Waals surface area contributed by atoms with Crippen molar-refractivity contribution >= 4 is 11.8 Å². The van der Waals surface area contributed by atoms with Gasteiger partial charge >= 0.3 is 29.6 Å². The number of carboxylic acid groups (broad SMARTS) is 1. The van der Waals surface area contributed by atoms with E-state index in [1.54, 1.807) is 0 Å². The van der Waals surface area contributed by atoms with Gasteiger partial charge in [-0.2, -0.15) is 0 Å². The summed E-state index contributed by atoms with van der Waals surface area (Å²) in [5, 5.41) is 19.2. The fraction of sp³-hybridized carbons (Fsp3) is 0.750. The second-order valence-corrected chi connectivity index (χ2v) is 3.26. The second kappa shape index (κ2) is 5.10. The largest absolute Gasteiger partial charge is 1.00 e. The Hall–Kier alpha value is 0.1000. The second-order valence-electron chi connectivity index (χ2n) is 3.26. The number of hydrogen-bond acceptors (Lipinski definition) is 4. The molecule has 1 aliphatic rings. The van der Waals surface area contributed by atoms with Gasteiger partial charge in [0.25, 0.3) is 0 Å². The summed E-state index contributed by atoms with van der Waals surface area (Å²) in [6.07, 6.45) is 2.55. The van der Waals surface area contributed by atoms with Crippen molar-refractivity contribution in [3.05, 3.63) is 0 Å². The zero-order valence-corrected chi connectivity index (χ0v) is 9.71. The third kappa shape index (κ3) is 2.53. The minimum Gasteiger partial charge on any atom is -0.542 e. The Balaban J connectivity index is 0.00000144. The molecule has 0 saturated heterocycles. The normalized spacial score (nSPS) is 19.2. The SMILES string of the molecule is O=C([O-])C(=O)C1(CO)CCCC1.[Na+]. The Morgan fingerprint density at radius 1 is 1.31 bits per heavy atom. The topological polar surface area (TPSA) is 77.4 Å². The summed E-state index contributed by atoms with van der Waals surface area (Å²) in [7, 11) is 0. The number of ketones is 1. The van der Waals surface area contributed by atoms with Gasteiger partial charge in [0.1, 0.15) is 5.97 Å². The molecule has 1 aliphatic carbocycles. The molecule has 1 fully saturated rings. The monoisotopic (exact) mass is 194 g/mol. The Morgan fingerprint density at radius 3 is 2.08 bits per heavy atom. The van der Waals surface area contributed by atoms with Gasteiger partial charge in [-0.05, 0) is 12.8 Å². The number of hydrogen-bond donors (Lipinski definition) is 1. The Bertz CT molecular complexity index is 208. The molecule has 0 aliphatic heterocycles. The van der Waals surface area contributed by atoms with Crippen molar-refractivity contribution in [2.45, 2.75) is 25.7 Å². The molecule has 0 atom stereocenters. The van der Waals surface area contributed by atoms with Gasteiger partial charge in [0.2, 0.25) is 0 Å². The third-order valence-electron chi connectivity index (χ3n) is 2.53. The van der Waals surface area contributed by atoms with Gasteiger partial charge in [-0.25, -0.2) is 0 Å². The fourth-order valence-electron chi connectivity index (χ4n) is 1.73. The maximum atomic E-state index is 11.1. The van der Waals surface area contributed by atoms with Gasteiger partial charge in [0, 0.05) is 0 Å². The van der Waals surface area contributed by atoms with Crippen LogP contribution in [0.4, 0.5) is 0 Å². The summed E-state index contributed by atoms with van der Waals surface area (Å²) in [5.74, 6) is -2.62. The van der Waals surface area contributed by atoms with Crippen LogP contribution < -0.4 is 34.7 Å². The first kappa shape index (κ1) is 13.1. The van der Waals surface area contributed by atoms with Gasteiger partial charge in [0.15, 0.2) is 5.78 Å². The summed E-state index contributed by atoms with van der Waals surface area (Å²) in [6, 6.07) is 0. The Labute approximate surface area is 98.6 Å². The van der Waals surface area contributed by atoms with E-state index in [0.29, 0.717) is 12.8 Å². The molecule has 0 bridgehead atoms. The van der Waals surface area contributed by atoms with Crippen LogP contribution in [-0.2, 0) is 9.59 Å². The Kier molecular flexibility index (Phi) is 5.14. The number of Topliss-reactive ketones (excluding diaryl/α,β-unsaturated/α-hetero) is 1. The van der Waals surface area contributed by atoms with Gasteiger partial charge in [-0.15, -0.1) is 0 Å². The molecule has 0 aromatic carbocycles. The van der Waals surface area contributed by atoms with Crippen LogP contribution in [0.25, 0.3) is 0 Å². The van der Waals surface area contributed by atoms with Crippen molar-refractivity contribution in [3.8, 4) is 0 Å². The van der Waals surface area contributed by atoms with E-state index in [2.05, 4.69) is 0 Å². The molecule has 0 aromatic rings. The first-order chi connectivity index (χ1) is 5.62. The average Bonchev–Trinajstić information content (AvgIpc) is 2.52. The molecule has 0 unspecified atom stereocenters. The molecule has 0 spiro atoms. The molecule has 0 amide bonds. The van der Waals surface area contributed by atoms with E-state index in [0.717, 1.165) is 12.8 Å². The quantitative estimate of drug-likeness (QED) is 0.365. The maximum Gasteiger partial charge on any atom is 1.00 e. The summed E-state index contributed by atoms with van der Waals surface area (Å²) in [6.45, 7) is -0.375. The first-order valence-corrected chi connectivity index (χ1v) is 3.99. The molecule has 68 valence electrons. The van der Waals surface area contributed by atoms with E-state index in [-0.39, 0.29) is 36.2 Å². The number of carboxylic acids is 1. The van der Waals surface area contributed by atoms with Crippen LogP contribution in [0.2, 0.25) is 0 Å². The molecular weight excluding hydrogens is 183 g/mol. The van der Waals surface area contributed by atoms with Crippen LogP contribution in [-0.4, -0.2) is 23.5 Å². The standard InChI is InChI=1S/C8H12O4.Na/c9-5-8(3-1-2-4-8)6(10)7(11)12;/h9H,1-5H2,(H,11,12);/q;+1/p-1. The number of aliphatic carboxylic acids is 1. The summed E-state index contributed by atoms with van der Waals surface area (Å²) < 4.78 is 0. The van der Waals surface area contributed by atoms with Crippen LogP contribution in [0.5, 0.6) is 0 Å². The predicted molar refractivity (Wildman–Crippen MR) is 38.0 cm³/mol. The van der Waals surface area contributed by atoms with Crippen molar-refractivity contribution in [1.29, 1.82) is 0 Å². The molecule has 1 saturated carbocycles. The van der Waals surface area contributed by atoms with Gasteiger partial charge in [0.05, 0.1) is 12.0 Å². The van der Waals surface area contributed by atoms with E-state index in [1.807, 2.05) is 0 Å². The van der Waals surface area contributed by atoms with Crippen molar-refractivity contribution in [3.63, 3.8) is 0 Å². The van der Waals surface area contributed by atoms with Gasteiger partial charge < -0.3 is 15.0 Å². The molecule has 13 heavy (non-hydrogen) atoms. The van der Waals surface area contributed by atoms with Crippen molar-refractivity contribution < 1.29 is 49.4 Å². The Morgan fingerprint density at radius 2 is 1.77 bits per heavy atom. The minimum atomic E-state index is -1.68. The van der Waals surface area contributed by atoms with E-state index >= 15 is 0 Å².